The summed E-state index contributed by atoms with van der Waals surface area (Å²) in [6.07, 6.45) is 10.3. The van der Waals surface area contributed by atoms with E-state index in [4.69, 9.17) is 0 Å². The van der Waals surface area contributed by atoms with Crippen molar-refractivity contribution in [2.45, 2.75) is 78.3 Å². The van der Waals surface area contributed by atoms with Crippen LogP contribution in [0.2, 0.25) is 0 Å². The second kappa shape index (κ2) is 7.78. The lowest BCUT2D eigenvalue weighted by atomic mass is 9.62. The monoisotopic (exact) mass is 411 g/mol. The number of pyridine rings is 1. The molecule has 4 rings (SSSR count). The molecular weight excluding hydrogens is 378 g/mol. The minimum absolute atomic E-state index is 0.122. The summed E-state index contributed by atoms with van der Waals surface area (Å²) in [6.45, 7) is 6.37. The summed E-state index contributed by atoms with van der Waals surface area (Å²) >= 11 is 0. The van der Waals surface area contributed by atoms with Gasteiger partial charge in [-0.1, -0.05) is 40.0 Å². The van der Waals surface area contributed by atoms with Crippen LogP contribution in [0.25, 0.3) is 0 Å². The maximum absolute atomic E-state index is 13.5. The molecule has 0 N–H and O–H groups in total. The van der Waals surface area contributed by atoms with Crippen molar-refractivity contribution in [2.75, 3.05) is 6.54 Å². The molecule has 3 amide bonds. The molecule has 162 valence electrons. The molecule has 2 heterocycles. The fraction of sp³-hybridized carbons (Fsp3) is 0.667. The van der Waals surface area contributed by atoms with Crippen molar-refractivity contribution in [1.82, 2.24) is 14.8 Å². The standard InChI is InChI=1S/C24H33N3O3/c1-23(2)19-9-12-24(23,3)22(30)27(21(19)29)16-20(28)26(18-7-5-4-6-8-18)15-17-10-13-25-14-11-17/h10-11,13-14,18-19H,4-9,12,15-16H2,1-3H3/t19-,24-/m1/s1. The minimum Gasteiger partial charge on any atom is -0.334 e. The predicted molar refractivity (Wildman–Crippen MR) is 113 cm³/mol. The average Bonchev–Trinajstić information content (AvgIpc) is 2.94. The zero-order chi connectivity index (χ0) is 21.5. The fourth-order valence-electron chi connectivity index (χ4n) is 5.78. The van der Waals surface area contributed by atoms with Crippen molar-refractivity contribution in [2.24, 2.45) is 16.7 Å². The summed E-state index contributed by atoms with van der Waals surface area (Å²) in [5, 5.41) is 0. The highest BCUT2D eigenvalue weighted by atomic mass is 16.2. The number of carbonyl (C=O) groups excluding carboxylic acids is 3. The van der Waals surface area contributed by atoms with Crippen LogP contribution < -0.4 is 0 Å². The van der Waals surface area contributed by atoms with Gasteiger partial charge in [-0.25, -0.2) is 0 Å². The lowest BCUT2D eigenvalue weighted by Crippen LogP contribution is -2.61. The van der Waals surface area contributed by atoms with E-state index in [1.807, 2.05) is 37.8 Å². The van der Waals surface area contributed by atoms with E-state index >= 15 is 0 Å². The molecule has 0 aromatic carbocycles. The van der Waals surface area contributed by atoms with Gasteiger partial charge < -0.3 is 4.90 Å². The van der Waals surface area contributed by atoms with Crippen molar-refractivity contribution in [1.29, 1.82) is 0 Å². The van der Waals surface area contributed by atoms with E-state index in [2.05, 4.69) is 4.98 Å². The van der Waals surface area contributed by atoms with Gasteiger partial charge in [-0.2, -0.15) is 0 Å². The highest BCUT2D eigenvalue weighted by Gasteiger charge is 2.64. The third-order valence-electron chi connectivity index (χ3n) is 8.24. The Kier molecular flexibility index (Phi) is 5.45. The summed E-state index contributed by atoms with van der Waals surface area (Å²) in [5.41, 5.74) is 0.0846. The largest absolute Gasteiger partial charge is 0.334 e. The van der Waals surface area contributed by atoms with Crippen molar-refractivity contribution in [3.05, 3.63) is 30.1 Å². The second-order valence-corrected chi connectivity index (χ2v) is 10.0. The molecule has 30 heavy (non-hydrogen) atoms. The third kappa shape index (κ3) is 3.34. The highest BCUT2D eigenvalue weighted by molar-refractivity contribution is 6.06. The van der Waals surface area contributed by atoms with Gasteiger partial charge in [0, 0.05) is 30.9 Å². The zero-order valence-corrected chi connectivity index (χ0v) is 18.4. The molecule has 0 spiro atoms. The van der Waals surface area contributed by atoms with Gasteiger partial charge in [-0.3, -0.25) is 24.3 Å². The van der Waals surface area contributed by atoms with Gasteiger partial charge in [0.15, 0.2) is 0 Å². The number of likely N-dealkylation sites (tertiary alicyclic amines) is 1. The van der Waals surface area contributed by atoms with Crippen LogP contribution >= 0.6 is 0 Å². The van der Waals surface area contributed by atoms with Crippen molar-refractivity contribution >= 4 is 17.7 Å². The van der Waals surface area contributed by atoms with Crippen LogP contribution in [-0.4, -0.2) is 45.1 Å². The van der Waals surface area contributed by atoms with Crippen molar-refractivity contribution in [3.8, 4) is 0 Å². The van der Waals surface area contributed by atoms with Crippen molar-refractivity contribution in [3.63, 3.8) is 0 Å². The molecule has 0 radical (unpaired) electrons. The van der Waals surface area contributed by atoms with Crippen LogP contribution in [0, 0.1) is 16.7 Å². The summed E-state index contributed by atoms with van der Waals surface area (Å²) in [7, 11) is 0. The smallest absolute Gasteiger partial charge is 0.243 e. The first kappa shape index (κ1) is 21.0. The first-order chi connectivity index (χ1) is 14.3. The molecule has 6 nitrogen and oxygen atoms in total. The molecule has 2 bridgehead atoms. The first-order valence-corrected chi connectivity index (χ1v) is 11.3. The number of piperidine rings is 1. The van der Waals surface area contributed by atoms with Crippen LogP contribution in [0.3, 0.4) is 0 Å². The Morgan fingerprint density at radius 1 is 1.10 bits per heavy atom. The Morgan fingerprint density at radius 2 is 1.77 bits per heavy atom. The Balaban J connectivity index is 1.56. The van der Waals surface area contributed by atoms with Gasteiger partial charge in [-0.05, 0) is 48.8 Å². The third-order valence-corrected chi connectivity index (χ3v) is 8.24. The van der Waals surface area contributed by atoms with Gasteiger partial charge in [0.2, 0.25) is 17.7 Å². The topological polar surface area (TPSA) is 70.6 Å². The molecular formula is C24H33N3O3. The molecule has 0 unspecified atom stereocenters. The van der Waals surface area contributed by atoms with Crippen LogP contribution in [-0.2, 0) is 20.9 Å². The molecule has 2 atom stereocenters. The van der Waals surface area contributed by atoms with Crippen LogP contribution in [0.15, 0.2) is 24.5 Å². The quantitative estimate of drug-likeness (QED) is 0.695. The molecule has 1 aliphatic heterocycles. The molecule has 3 fully saturated rings. The molecule has 3 aliphatic rings. The zero-order valence-electron chi connectivity index (χ0n) is 18.4. The van der Waals surface area contributed by atoms with Gasteiger partial charge in [0.25, 0.3) is 0 Å². The summed E-state index contributed by atoms with van der Waals surface area (Å²) in [5.74, 6) is -0.646. The summed E-state index contributed by atoms with van der Waals surface area (Å²) < 4.78 is 0. The lowest BCUT2D eigenvalue weighted by Gasteiger charge is -2.48. The maximum Gasteiger partial charge on any atom is 0.243 e. The molecule has 6 heteroatoms. The number of carbonyl (C=O) groups is 3. The lowest BCUT2D eigenvalue weighted by molar-refractivity contribution is -0.170. The number of amides is 3. The van der Waals surface area contributed by atoms with E-state index in [1.54, 1.807) is 12.4 Å². The van der Waals surface area contributed by atoms with E-state index in [1.165, 1.54) is 11.3 Å². The molecule has 1 aromatic rings. The molecule has 1 saturated heterocycles. The SMILES string of the molecule is CC1(C)[C@@H]2CC[C@]1(C)C(=O)N(CC(=O)N(Cc1ccncc1)C1CCCCC1)C2=O. The van der Waals surface area contributed by atoms with Gasteiger partial charge in [-0.15, -0.1) is 0 Å². The number of hydrogen-bond acceptors (Lipinski definition) is 4. The normalized spacial score (nSPS) is 28.6. The Hall–Kier alpha value is -2.24. The van der Waals surface area contributed by atoms with Gasteiger partial charge in [0.05, 0.1) is 5.41 Å². The van der Waals surface area contributed by atoms with Gasteiger partial charge >= 0.3 is 0 Å². The van der Waals surface area contributed by atoms with Crippen molar-refractivity contribution < 1.29 is 14.4 Å². The van der Waals surface area contributed by atoms with E-state index in [9.17, 15) is 14.4 Å². The number of fused-ring (bicyclic) bond motifs is 2. The minimum atomic E-state index is -0.577. The summed E-state index contributed by atoms with van der Waals surface area (Å²) in [4.78, 5) is 47.2. The number of hydrogen-bond donors (Lipinski definition) is 0. The van der Waals surface area contributed by atoms with Crippen LogP contribution in [0.1, 0.15) is 71.3 Å². The first-order valence-electron chi connectivity index (χ1n) is 11.3. The number of rotatable bonds is 5. The Morgan fingerprint density at radius 3 is 2.43 bits per heavy atom. The van der Waals surface area contributed by atoms with Gasteiger partial charge in [0.1, 0.15) is 6.54 Å². The number of nitrogens with zero attached hydrogens (tertiary/aromatic N) is 3. The predicted octanol–water partition coefficient (Wildman–Crippen LogP) is 3.55. The second-order valence-electron chi connectivity index (χ2n) is 10.0. The van der Waals surface area contributed by atoms with E-state index in [0.717, 1.165) is 37.7 Å². The average molecular weight is 412 g/mol. The van der Waals surface area contributed by atoms with Crippen LogP contribution in [0.4, 0.5) is 0 Å². The highest BCUT2D eigenvalue weighted by Crippen LogP contribution is 2.60. The Labute approximate surface area is 179 Å². The van der Waals surface area contributed by atoms with E-state index in [0.29, 0.717) is 13.0 Å². The Bertz CT molecular complexity index is 831. The summed E-state index contributed by atoms with van der Waals surface area (Å²) in [6, 6.07) is 4.01. The fourth-order valence-corrected chi connectivity index (χ4v) is 5.78. The van der Waals surface area contributed by atoms with Crippen LogP contribution in [0.5, 0.6) is 0 Å². The molecule has 2 aliphatic carbocycles. The maximum atomic E-state index is 13.5. The molecule has 1 aromatic heterocycles. The van der Waals surface area contributed by atoms with E-state index in [-0.39, 0.29) is 41.6 Å². The molecule has 2 saturated carbocycles. The van der Waals surface area contributed by atoms with E-state index < -0.39 is 5.41 Å². The number of imide groups is 1. The number of aromatic nitrogens is 1.